The maximum atomic E-state index is 12.0. The van der Waals surface area contributed by atoms with Gasteiger partial charge >= 0.3 is 5.97 Å². The van der Waals surface area contributed by atoms with Crippen LogP contribution in [0.1, 0.15) is 17.4 Å². The zero-order chi connectivity index (χ0) is 14.6. The summed E-state index contributed by atoms with van der Waals surface area (Å²) < 4.78 is 5.94. The lowest BCUT2D eigenvalue weighted by molar-refractivity contribution is -0.145. The molecule has 0 saturated heterocycles. The van der Waals surface area contributed by atoms with Gasteiger partial charge in [-0.1, -0.05) is 6.07 Å². The van der Waals surface area contributed by atoms with E-state index in [9.17, 15) is 14.4 Å². The van der Waals surface area contributed by atoms with Gasteiger partial charge in [0.1, 0.15) is 5.69 Å². The van der Waals surface area contributed by atoms with E-state index < -0.39 is 17.4 Å². The molecule has 104 valence electrons. The number of carbonyl (C=O) groups is 2. The Morgan fingerprint density at radius 3 is 2.63 bits per heavy atom. The molecule has 0 radical (unpaired) electrons. The van der Waals surface area contributed by atoms with Gasteiger partial charge < -0.3 is 19.7 Å². The van der Waals surface area contributed by atoms with Crippen LogP contribution in [0.2, 0.25) is 0 Å². The minimum Gasteiger partial charge on any atom is -0.479 e. The second kappa shape index (κ2) is 5.66. The highest BCUT2D eigenvalue weighted by atomic mass is 16.5. The Labute approximate surface area is 109 Å². The molecule has 0 bridgehead atoms. The van der Waals surface area contributed by atoms with Gasteiger partial charge in [-0.2, -0.15) is 0 Å². The molecule has 1 unspecified atom stereocenters. The topological polar surface area (TPSA) is 97.6 Å². The Morgan fingerprint density at radius 1 is 1.47 bits per heavy atom. The number of carboxylic acids is 1. The standard InChI is InChI=1S/C12H16N2O5/c1-12(7-19-3,11(17)18)13-10(16)8-5-4-6-9(15)14(8)2/h4-6H,7H2,1-3H3,(H,13,16)(H,17,18). The average molecular weight is 268 g/mol. The van der Waals surface area contributed by atoms with Crippen LogP contribution in [0, 0.1) is 0 Å². The second-order valence-electron chi connectivity index (χ2n) is 4.33. The highest BCUT2D eigenvalue weighted by Gasteiger charge is 2.35. The Balaban J connectivity index is 3.04. The summed E-state index contributed by atoms with van der Waals surface area (Å²) >= 11 is 0. The normalized spacial score (nSPS) is 13.6. The van der Waals surface area contributed by atoms with Crippen molar-refractivity contribution < 1.29 is 19.4 Å². The quantitative estimate of drug-likeness (QED) is 0.757. The first-order chi connectivity index (χ1) is 8.81. The van der Waals surface area contributed by atoms with E-state index in [-0.39, 0.29) is 17.9 Å². The lowest BCUT2D eigenvalue weighted by Crippen LogP contribution is -2.55. The number of hydrogen-bond donors (Lipinski definition) is 2. The van der Waals surface area contributed by atoms with E-state index in [2.05, 4.69) is 5.32 Å². The van der Waals surface area contributed by atoms with Crippen molar-refractivity contribution in [2.24, 2.45) is 7.05 Å². The molecule has 0 saturated carbocycles. The van der Waals surface area contributed by atoms with Crippen molar-refractivity contribution >= 4 is 11.9 Å². The molecule has 7 nitrogen and oxygen atoms in total. The lowest BCUT2D eigenvalue weighted by atomic mass is 10.0. The van der Waals surface area contributed by atoms with Gasteiger partial charge in [0, 0.05) is 20.2 Å². The molecule has 0 fully saturated rings. The first-order valence-corrected chi connectivity index (χ1v) is 5.52. The second-order valence-corrected chi connectivity index (χ2v) is 4.33. The molecule has 0 aliphatic rings. The fourth-order valence-corrected chi connectivity index (χ4v) is 1.55. The number of amides is 1. The largest absolute Gasteiger partial charge is 0.479 e. The number of aliphatic carboxylic acids is 1. The average Bonchev–Trinajstić information content (AvgIpc) is 2.32. The van der Waals surface area contributed by atoms with Gasteiger partial charge in [0.25, 0.3) is 11.5 Å². The summed E-state index contributed by atoms with van der Waals surface area (Å²) in [6.45, 7) is 1.15. The molecule has 1 heterocycles. The van der Waals surface area contributed by atoms with Crippen molar-refractivity contribution in [3.05, 3.63) is 34.2 Å². The van der Waals surface area contributed by atoms with E-state index in [1.807, 2.05) is 0 Å². The van der Waals surface area contributed by atoms with Crippen LogP contribution in [0.25, 0.3) is 0 Å². The van der Waals surface area contributed by atoms with Gasteiger partial charge in [-0.15, -0.1) is 0 Å². The van der Waals surface area contributed by atoms with Crippen molar-refractivity contribution in [3.8, 4) is 0 Å². The molecule has 1 atom stereocenters. The molecule has 7 heteroatoms. The molecule has 0 spiro atoms. The fraction of sp³-hybridized carbons (Fsp3) is 0.417. The predicted molar refractivity (Wildman–Crippen MR) is 67.1 cm³/mol. The smallest absolute Gasteiger partial charge is 0.331 e. The third-order valence-corrected chi connectivity index (χ3v) is 2.71. The van der Waals surface area contributed by atoms with Crippen molar-refractivity contribution in [3.63, 3.8) is 0 Å². The molecule has 19 heavy (non-hydrogen) atoms. The molecule has 0 aromatic carbocycles. The Bertz CT molecular complexity index is 551. The van der Waals surface area contributed by atoms with E-state index in [1.54, 1.807) is 0 Å². The summed E-state index contributed by atoms with van der Waals surface area (Å²) in [5, 5.41) is 11.5. The Kier molecular flexibility index (Phi) is 4.44. The monoisotopic (exact) mass is 268 g/mol. The van der Waals surface area contributed by atoms with E-state index in [4.69, 9.17) is 9.84 Å². The molecular formula is C12H16N2O5. The van der Waals surface area contributed by atoms with E-state index >= 15 is 0 Å². The van der Waals surface area contributed by atoms with Crippen molar-refractivity contribution in [2.75, 3.05) is 13.7 Å². The van der Waals surface area contributed by atoms with Gasteiger partial charge in [-0.05, 0) is 13.0 Å². The number of ether oxygens (including phenoxy) is 1. The summed E-state index contributed by atoms with van der Waals surface area (Å²) in [4.78, 5) is 34.6. The fourth-order valence-electron chi connectivity index (χ4n) is 1.55. The van der Waals surface area contributed by atoms with Crippen molar-refractivity contribution in [2.45, 2.75) is 12.5 Å². The van der Waals surface area contributed by atoms with Crippen LogP contribution in [0.15, 0.2) is 23.0 Å². The molecule has 0 aliphatic heterocycles. The Hall–Kier alpha value is -2.15. The van der Waals surface area contributed by atoms with E-state index in [1.165, 1.54) is 39.3 Å². The van der Waals surface area contributed by atoms with Crippen LogP contribution in [0.4, 0.5) is 0 Å². The van der Waals surface area contributed by atoms with E-state index in [0.717, 1.165) is 4.57 Å². The number of carbonyl (C=O) groups excluding carboxylic acids is 1. The van der Waals surface area contributed by atoms with Crippen molar-refractivity contribution in [1.82, 2.24) is 9.88 Å². The highest BCUT2D eigenvalue weighted by Crippen LogP contribution is 2.07. The number of rotatable bonds is 5. The number of nitrogens with one attached hydrogen (secondary N) is 1. The maximum Gasteiger partial charge on any atom is 0.331 e. The minimum absolute atomic E-state index is 0.0797. The molecule has 1 rings (SSSR count). The molecular weight excluding hydrogens is 252 g/mol. The van der Waals surface area contributed by atoms with Gasteiger partial charge in [-0.3, -0.25) is 9.59 Å². The number of methoxy groups -OCH3 is 1. The van der Waals surface area contributed by atoms with Gasteiger partial charge in [0.15, 0.2) is 5.54 Å². The summed E-state index contributed by atoms with van der Waals surface area (Å²) in [5.74, 6) is -1.87. The molecule has 1 aromatic rings. The molecule has 0 aliphatic carbocycles. The SMILES string of the molecule is COCC(C)(NC(=O)c1cccc(=O)n1C)C(=O)O. The number of aromatic nitrogens is 1. The maximum absolute atomic E-state index is 12.0. The zero-order valence-corrected chi connectivity index (χ0v) is 11.0. The molecule has 1 aromatic heterocycles. The predicted octanol–water partition coefficient (Wildman–Crippen LogP) is -0.395. The van der Waals surface area contributed by atoms with Gasteiger partial charge in [0.2, 0.25) is 0 Å². The molecule has 2 N–H and O–H groups in total. The summed E-state index contributed by atoms with van der Waals surface area (Å²) in [6.07, 6.45) is 0. The first-order valence-electron chi connectivity index (χ1n) is 5.52. The Morgan fingerprint density at radius 2 is 2.11 bits per heavy atom. The minimum atomic E-state index is -1.56. The van der Waals surface area contributed by atoms with Crippen LogP contribution in [-0.4, -0.2) is 40.8 Å². The van der Waals surface area contributed by atoms with Crippen LogP contribution in [0.5, 0.6) is 0 Å². The zero-order valence-electron chi connectivity index (χ0n) is 11.0. The van der Waals surface area contributed by atoms with Gasteiger partial charge in [0.05, 0.1) is 6.61 Å². The number of hydrogen-bond acceptors (Lipinski definition) is 4. The number of carboxylic acid groups (broad SMARTS) is 1. The summed E-state index contributed by atoms with van der Waals surface area (Å²) in [5.41, 5.74) is -1.83. The summed E-state index contributed by atoms with van der Waals surface area (Å²) in [7, 11) is 2.78. The van der Waals surface area contributed by atoms with Crippen LogP contribution in [-0.2, 0) is 16.6 Å². The van der Waals surface area contributed by atoms with Crippen LogP contribution in [0.3, 0.4) is 0 Å². The van der Waals surface area contributed by atoms with E-state index in [0.29, 0.717) is 0 Å². The van der Waals surface area contributed by atoms with Crippen LogP contribution < -0.4 is 10.9 Å². The third kappa shape index (κ3) is 3.19. The van der Waals surface area contributed by atoms with Gasteiger partial charge in [-0.25, -0.2) is 4.79 Å². The number of nitrogens with zero attached hydrogens (tertiary/aromatic N) is 1. The number of pyridine rings is 1. The highest BCUT2D eigenvalue weighted by molar-refractivity contribution is 5.96. The van der Waals surface area contributed by atoms with Crippen molar-refractivity contribution in [1.29, 1.82) is 0 Å². The first kappa shape index (κ1) is 14.9. The third-order valence-electron chi connectivity index (χ3n) is 2.71. The van der Waals surface area contributed by atoms with Crippen LogP contribution >= 0.6 is 0 Å². The summed E-state index contributed by atoms with van der Waals surface area (Å²) in [6, 6.07) is 4.18. The lowest BCUT2D eigenvalue weighted by Gasteiger charge is -2.25. The molecule has 1 amide bonds.